The second kappa shape index (κ2) is 5.21. The van der Waals surface area contributed by atoms with Crippen LogP contribution in [0.25, 0.3) is 0 Å². The van der Waals surface area contributed by atoms with Crippen LogP contribution >= 0.6 is 0 Å². The van der Waals surface area contributed by atoms with Crippen molar-refractivity contribution in [2.24, 2.45) is 0 Å². The van der Waals surface area contributed by atoms with Crippen LogP contribution in [0.4, 0.5) is 24.5 Å². The van der Waals surface area contributed by atoms with Crippen LogP contribution in [0.3, 0.4) is 0 Å². The van der Waals surface area contributed by atoms with Crippen molar-refractivity contribution in [1.29, 1.82) is 5.26 Å². The van der Waals surface area contributed by atoms with Crippen LogP contribution in [0.15, 0.2) is 18.2 Å². The summed E-state index contributed by atoms with van der Waals surface area (Å²) in [4.78, 5) is 4.11. The van der Waals surface area contributed by atoms with E-state index in [2.05, 4.69) is 10.3 Å². The van der Waals surface area contributed by atoms with E-state index < -0.39 is 17.5 Å². The topological polar surface area (TPSA) is 48.7 Å². The van der Waals surface area contributed by atoms with Gasteiger partial charge in [-0.3, -0.25) is 4.98 Å². The maximum Gasteiger partial charge on any atom is 0.196 e. The van der Waals surface area contributed by atoms with Crippen molar-refractivity contribution >= 4 is 11.4 Å². The van der Waals surface area contributed by atoms with Crippen molar-refractivity contribution in [3.63, 3.8) is 0 Å². The van der Waals surface area contributed by atoms with Crippen LogP contribution in [0.5, 0.6) is 0 Å². The number of nitriles is 1. The number of hydrogen-bond donors (Lipinski definition) is 1. The van der Waals surface area contributed by atoms with Gasteiger partial charge in [-0.05, 0) is 32.0 Å². The number of nitrogens with zero attached hydrogens (tertiary/aromatic N) is 2. The molecule has 0 saturated carbocycles. The van der Waals surface area contributed by atoms with Gasteiger partial charge in [-0.15, -0.1) is 0 Å². The highest BCUT2D eigenvalue weighted by molar-refractivity contribution is 5.68. The van der Waals surface area contributed by atoms with Crippen molar-refractivity contribution in [3.05, 3.63) is 52.6 Å². The average molecular weight is 277 g/mol. The largest absolute Gasteiger partial charge is 0.352 e. The zero-order chi connectivity index (χ0) is 14.9. The van der Waals surface area contributed by atoms with Crippen molar-refractivity contribution in [3.8, 4) is 6.07 Å². The Bertz CT molecular complexity index is 721. The van der Waals surface area contributed by atoms with E-state index >= 15 is 0 Å². The number of halogens is 3. The number of anilines is 2. The number of aryl methyl sites for hydroxylation is 2. The summed E-state index contributed by atoms with van der Waals surface area (Å²) in [5.74, 6) is -4.16. The Morgan fingerprint density at radius 2 is 1.80 bits per heavy atom. The highest BCUT2D eigenvalue weighted by Crippen LogP contribution is 2.26. The molecule has 2 rings (SSSR count). The molecule has 3 nitrogen and oxygen atoms in total. The molecule has 102 valence electrons. The van der Waals surface area contributed by atoms with Crippen LogP contribution in [0.2, 0.25) is 0 Å². The van der Waals surface area contributed by atoms with Gasteiger partial charge in [-0.2, -0.15) is 5.26 Å². The van der Waals surface area contributed by atoms with E-state index in [0.717, 1.165) is 12.1 Å². The fourth-order valence-electron chi connectivity index (χ4n) is 1.84. The summed E-state index contributed by atoms with van der Waals surface area (Å²) in [6.45, 7) is 3.35. The minimum absolute atomic E-state index is 0.222. The monoisotopic (exact) mass is 277 g/mol. The van der Waals surface area contributed by atoms with Crippen LogP contribution in [0, 0.1) is 42.6 Å². The molecule has 2 aromatic rings. The Labute approximate surface area is 113 Å². The SMILES string of the molecule is Cc1cc(Nc2ccc(F)c(F)c2F)c(C#N)c(C)n1. The van der Waals surface area contributed by atoms with Gasteiger partial charge >= 0.3 is 0 Å². The van der Waals surface area contributed by atoms with Crippen LogP contribution in [0.1, 0.15) is 17.0 Å². The molecular formula is C14H10F3N3. The molecule has 1 aromatic heterocycles. The molecule has 0 atom stereocenters. The van der Waals surface area contributed by atoms with Gasteiger partial charge in [0.2, 0.25) is 0 Å². The summed E-state index contributed by atoms with van der Waals surface area (Å²) in [6, 6.07) is 5.36. The van der Waals surface area contributed by atoms with Gasteiger partial charge in [0, 0.05) is 5.69 Å². The molecule has 1 aromatic carbocycles. The summed E-state index contributed by atoms with van der Waals surface area (Å²) in [6.07, 6.45) is 0. The van der Waals surface area contributed by atoms with Gasteiger partial charge in [-0.25, -0.2) is 13.2 Å². The Hall–Kier alpha value is -2.55. The molecule has 0 radical (unpaired) electrons. The lowest BCUT2D eigenvalue weighted by atomic mass is 10.1. The quantitative estimate of drug-likeness (QED) is 0.851. The summed E-state index contributed by atoms with van der Waals surface area (Å²) >= 11 is 0. The summed E-state index contributed by atoms with van der Waals surface area (Å²) in [5, 5.41) is 11.7. The van der Waals surface area contributed by atoms with Crippen molar-refractivity contribution in [1.82, 2.24) is 4.98 Å². The first-order chi connectivity index (χ1) is 9.43. The smallest absolute Gasteiger partial charge is 0.196 e. The summed E-state index contributed by atoms with van der Waals surface area (Å²) < 4.78 is 39.6. The molecule has 0 bridgehead atoms. The lowest BCUT2D eigenvalue weighted by Gasteiger charge is -2.12. The average Bonchev–Trinajstić information content (AvgIpc) is 2.39. The predicted octanol–water partition coefficient (Wildman–Crippen LogP) is 3.73. The van der Waals surface area contributed by atoms with Crippen LogP contribution in [-0.2, 0) is 0 Å². The van der Waals surface area contributed by atoms with Crippen molar-refractivity contribution in [2.45, 2.75) is 13.8 Å². The van der Waals surface area contributed by atoms with E-state index in [0.29, 0.717) is 17.1 Å². The molecule has 1 heterocycles. The number of benzene rings is 1. The maximum absolute atomic E-state index is 13.6. The fraction of sp³-hybridized carbons (Fsp3) is 0.143. The lowest BCUT2D eigenvalue weighted by Crippen LogP contribution is -2.03. The highest BCUT2D eigenvalue weighted by Gasteiger charge is 2.15. The van der Waals surface area contributed by atoms with E-state index in [4.69, 9.17) is 5.26 Å². The molecule has 0 aliphatic heterocycles. The zero-order valence-corrected chi connectivity index (χ0v) is 10.8. The summed E-state index contributed by atoms with van der Waals surface area (Å²) in [5.41, 5.74) is 1.36. The first-order valence-electron chi connectivity index (χ1n) is 5.73. The van der Waals surface area contributed by atoms with Crippen molar-refractivity contribution in [2.75, 3.05) is 5.32 Å². The minimum Gasteiger partial charge on any atom is -0.352 e. The van der Waals surface area contributed by atoms with Gasteiger partial charge in [0.15, 0.2) is 17.5 Å². The molecule has 0 spiro atoms. The zero-order valence-electron chi connectivity index (χ0n) is 10.8. The Balaban J connectivity index is 2.51. The predicted molar refractivity (Wildman–Crippen MR) is 68.0 cm³/mol. The molecule has 0 unspecified atom stereocenters. The Morgan fingerprint density at radius 1 is 1.10 bits per heavy atom. The first kappa shape index (κ1) is 13.9. The van der Waals surface area contributed by atoms with E-state index in [1.54, 1.807) is 13.8 Å². The number of rotatable bonds is 2. The lowest BCUT2D eigenvalue weighted by molar-refractivity contribution is 0.449. The van der Waals surface area contributed by atoms with E-state index in [1.165, 1.54) is 6.07 Å². The molecule has 0 fully saturated rings. The molecule has 0 amide bonds. The number of pyridine rings is 1. The van der Waals surface area contributed by atoms with E-state index in [1.807, 2.05) is 6.07 Å². The highest BCUT2D eigenvalue weighted by atomic mass is 19.2. The van der Waals surface area contributed by atoms with Gasteiger partial charge in [0.1, 0.15) is 6.07 Å². The Morgan fingerprint density at radius 3 is 2.45 bits per heavy atom. The molecule has 0 aliphatic rings. The molecule has 1 N–H and O–H groups in total. The first-order valence-corrected chi connectivity index (χ1v) is 5.73. The van der Waals surface area contributed by atoms with E-state index in [9.17, 15) is 13.2 Å². The number of hydrogen-bond acceptors (Lipinski definition) is 3. The maximum atomic E-state index is 13.6. The molecule has 20 heavy (non-hydrogen) atoms. The standard InChI is InChI=1S/C14H10F3N3/c1-7-5-12(9(6-18)8(2)19-7)20-11-4-3-10(15)13(16)14(11)17/h3-5H,1-2H3,(H,19,20). The van der Waals surface area contributed by atoms with Gasteiger partial charge < -0.3 is 5.32 Å². The normalized spacial score (nSPS) is 10.2. The molecular weight excluding hydrogens is 267 g/mol. The third-order valence-electron chi connectivity index (χ3n) is 2.74. The fourth-order valence-corrected chi connectivity index (χ4v) is 1.84. The van der Waals surface area contributed by atoms with E-state index in [-0.39, 0.29) is 11.3 Å². The van der Waals surface area contributed by atoms with Gasteiger partial charge in [-0.1, -0.05) is 0 Å². The van der Waals surface area contributed by atoms with Gasteiger partial charge in [0.25, 0.3) is 0 Å². The molecule has 6 heteroatoms. The molecule has 0 aliphatic carbocycles. The second-order valence-corrected chi connectivity index (χ2v) is 4.23. The number of aromatic nitrogens is 1. The van der Waals surface area contributed by atoms with Gasteiger partial charge in [0.05, 0.1) is 22.6 Å². The van der Waals surface area contributed by atoms with Crippen molar-refractivity contribution < 1.29 is 13.2 Å². The summed E-state index contributed by atoms with van der Waals surface area (Å²) in [7, 11) is 0. The minimum atomic E-state index is -1.56. The van der Waals surface area contributed by atoms with Crippen LogP contribution < -0.4 is 5.32 Å². The third-order valence-corrected chi connectivity index (χ3v) is 2.74. The third kappa shape index (κ3) is 2.43. The van der Waals surface area contributed by atoms with Crippen LogP contribution in [-0.4, -0.2) is 4.98 Å². The number of nitrogens with one attached hydrogen (secondary N) is 1. The molecule has 0 saturated heterocycles. The second-order valence-electron chi connectivity index (χ2n) is 4.23. The Kier molecular flexibility index (Phi) is 3.61.